The highest BCUT2D eigenvalue weighted by Crippen LogP contribution is 2.40. The third kappa shape index (κ3) is 9.47. The van der Waals surface area contributed by atoms with E-state index >= 15 is 0 Å². The molecule has 10 nitrogen and oxygen atoms in total. The van der Waals surface area contributed by atoms with E-state index in [1.165, 1.54) is 29.5 Å². The molecule has 0 bridgehead atoms. The number of aromatic nitrogens is 1. The zero-order valence-electron chi connectivity index (χ0n) is 25.6. The molecule has 0 atom stereocenters. The van der Waals surface area contributed by atoms with Gasteiger partial charge < -0.3 is 20.7 Å². The number of carbonyl (C=O) groups excluding carboxylic acids is 2. The highest BCUT2D eigenvalue weighted by molar-refractivity contribution is 7.89. The first-order valence-electron chi connectivity index (χ1n) is 14.6. The van der Waals surface area contributed by atoms with Crippen LogP contribution in [-0.2, 0) is 21.3 Å². The van der Waals surface area contributed by atoms with E-state index in [9.17, 15) is 22.4 Å². The molecule has 0 radical (unpaired) electrons. The van der Waals surface area contributed by atoms with Crippen LogP contribution in [0.2, 0.25) is 0 Å². The number of urea groups is 1. The zero-order valence-corrected chi connectivity index (χ0v) is 27.2. The van der Waals surface area contributed by atoms with Gasteiger partial charge in [-0.05, 0) is 90.1 Å². The molecule has 4 N–H and O–H groups in total. The summed E-state index contributed by atoms with van der Waals surface area (Å²) in [7, 11) is -3.99. The number of thiazole rings is 1. The normalized spacial score (nSPS) is 17.2. The Labute approximate surface area is 262 Å². The molecule has 0 saturated heterocycles. The zero-order chi connectivity index (χ0) is 32.1. The van der Waals surface area contributed by atoms with E-state index in [0.717, 1.165) is 30.7 Å². The molecule has 1 heterocycles. The summed E-state index contributed by atoms with van der Waals surface area (Å²) in [6, 6.07) is 10.0. The maximum Gasteiger partial charge on any atom is 0.407 e. The summed E-state index contributed by atoms with van der Waals surface area (Å²) in [6.07, 6.45) is 4.39. The van der Waals surface area contributed by atoms with Crippen LogP contribution < -0.4 is 20.7 Å². The number of carbonyl (C=O) groups is 2. The van der Waals surface area contributed by atoms with Gasteiger partial charge in [-0.3, -0.25) is 0 Å². The van der Waals surface area contributed by atoms with E-state index < -0.39 is 27.7 Å². The lowest BCUT2D eigenvalue weighted by Crippen LogP contribution is -2.40. The van der Waals surface area contributed by atoms with E-state index in [1.54, 1.807) is 51.2 Å². The van der Waals surface area contributed by atoms with Crippen LogP contribution in [0.25, 0.3) is 10.4 Å². The van der Waals surface area contributed by atoms with Crippen molar-refractivity contribution >= 4 is 39.2 Å². The molecule has 0 spiro atoms. The first-order valence-corrected chi connectivity index (χ1v) is 16.9. The predicted molar refractivity (Wildman–Crippen MR) is 170 cm³/mol. The number of ether oxygens (including phenoxy) is 1. The Morgan fingerprint density at radius 1 is 1.07 bits per heavy atom. The molecular formula is C31H40FN5O5S2. The molecule has 1 aromatic heterocycles. The summed E-state index contributed by atoms with van der Waals surface area (Å²) in [5.41, 5.74) is 0.758. The standard InChI is InChI=1S/C31H40FN5O5S2/c1-19(2)42-30(39)36-23-12-8-21(9-13-23)28-33-18-26(43-28)25-15-14-24(16-27(25)44(40,41)37-31(3,4)5)35-29(38)34-17-20-6-10-22(32)11-7-20/h6-7,10-11,14-16,18-19,21,23,37H,8-9,12-13,17H2,1-5H3,(H,36,39)(H2,34,35,38). The van der Waals surface area contributed by atoms with Crippen molar-refractivity contribution in [2.24, 2.45) is 0 Å². The van der Waals surface area contributed by atoms with Crippen LogP contribution >= 0.6 is 11.3 Å². The molecule has 0 unspecified atom stereocenters. The fourth-order valence-corrected chi connectivity index (χ4v) is 7.80. The van der Waals surface area contributed by atoms with E-state index in [4.69, 9.17) is 4.74 Å². The van der Waals surface area contributed by atoms with Crippen molar-refractivity contribution in [2.45, 2.75) is 95.3 Å². The van der Waals surface area contributed by atoms with Gasteiger partial charge in [0.05, 0.1) is 20.9 Å². The number of alkyl carbamates (subject to hydrolysis) is 1. The van der Waals surface area contributed by atoms with E-state index in [1.807, 2.05) is 13.8 Å². The fraction of sp³-hybridized carbons (Fsp3) is 0.452. The van der Waals surface area contributed by atoms with Crippen LogP contribution in [0.4, 0.5) is 19.7 Å². The molecule has 2 aromatic carbocycles. The van der Waals surface area contributed by atoms with Gasteiger partial charge in [-0.25, -0.2) is 32.1 Å². The maximum absolute atomic E-state index is 13.6. The first kappa shape index (κ1) is 33.3. The average molecular weight is 646 g/mol. The molecule has 4 rings (SSSR count). The van der Waals surface area contributed by atoms with Crippen molar-refractivity contribution in [1.82, 2.24) is 20.3 Å². The van der Waals surface area contributed by atoms with Gasteiger partial charge in [0, 0.05) is 41.5 Å². The number of nitrogens with one attached hydrogen (secondary N) is 4. The molecule has 1 saturated carbocycles. The minimum atomic E-state index is -3.99. The van der Waals surface area contributed by atoms with Gasteiger partial charge in [0.2, 0.25) is 10.0 Å². The van der Waals surface area contributed by atoms with Crippen LogP contribution in [-0.4, -0.2) is 43.2 Å². The van der Waals surface area contributed by atoms with Crippen LogP contribution in [0.3, 0.4) is 0 Å². The van der Waals surface area contributed by atoms with Gasteiger partial charge in [-0.2, -0.15) is 0 Å². The lowest BCUT2D eigenvalue weighted by Gasteiger charge is -2.28. The fourth-order valence-electron chi connectivity index (χ4n) is 4.94. The largest absolute Gasteiger partial charge is 0.447 e. The average Bonchev–Trinajstić information content (AvgIpc) is 3.42. The Bertz CT molecular complexity index is 1560. The number of halogens is 1. The molecule has 3 aromatic rings. The third-order valence-electron chi connectivity index (χ3n) is 6.87. The lowest BCUT2D eigenvalue weighted by molar-refractivity contribution is 0.109. The van der Waals surface area contributed by atoms with Gasteiger partial charge >= 0.3 is 12.1 Å². The van der Waals surface area contributed by atoms with Crippen molar-refractivity contribution in [1.29, 1.82) is 0 Å². The van der Waals surface area contributed by atoms with Gasteiger partial charge in [0.15, 0.2) is 0 Å². The number of anilines is 1. The van der Waals surface area contributed by atoms with Gasteiger partial charge in [-0.1, -0.05) is 18.2 Å². The number of hydrogen-bond donors (Lipinski definition) is 4. The maximum atomic E-state index is 13.6. The number of amides is 3. The van der Waals surface area contributed by atoms with Crippen molar-refractivity contribution < 1.29 is 27.1 Å². The predicted octanol–water partition coefficient (Wildman–Crippen LogP) is 6.51. The van der Waals surface area contributed by atoms with E-state index in [2.05, 4.69) is 25.7 Å². The van der Waals surface area contributed by atoms with E-state index in [0.29, 0.717) is 21.7 Å². The molecule has 13 heteroatoms. The third-order valence-corrected chi connectivity index (χ3v) is 9.86. The van der Waals surface area contributed by atoms with Crippen molar-refractivity contribution in [3.8, 4) is 10.4 Å². The van der Waals surface area contributed by atoms with Crippen LogP contribution in [0.1, 0.15) is 76.8 Å². The quantitative estimate of drug-likeness (QED) is 0.209. The summed E-state index contributed by atoms with van der Waals surface area (Å²) in [4.78, 5) is 30.0. The second kappa shape index (κ2) is 14.0. The second-order valence-electron chi connectivity index (χ2n) is 12.2. The highest BCUT2D eigenvalue weighted by Gasteiger charge is 2.29. The molecule has 44 heavy (non-hydrogen) atoms. The molecule has 3 amide bonds. The number of hydrogen-bond acceptors (Lipinski definition) is 7. The second-order valence-corrected chi connectivity index (χ2v) is 14.9. The van der Waals surface area contributed by atoms with Crippen LogP contribution in [0.15, 0.2) is 53.6 Å². The number of benzene rings is 2. The number of sulfonamides is 1. The Kier molecular flexibility index (Phi) is 10.6. The molecule has 1 aliphatic carbocycles. The first-order chi connectivity index (χ1) is 20.7. The van der Waals surface area contributed by atoms with Gasteiger partial charge in [0.25, 0.3) is 0 Å². The molecule has 1 fully saturated rings. The number of nitrogens with zero attached hydrogens (tertiary/aromatic N) is 1. The summed E-state index contributed by atoms with van der Waals surface area (Å²) >= 11 is 1.45. The Morgan fingerprint density at radius 2 is 1.75 bits per heavy atom. The van der Waals surface area contributed by atoms with Gasteiger partial charge in [-0.15, -0.1) is 11.3 Å². The van der Waals surface area contributed by atoms with Crippen molar-refractivity contribution in [2.75, 3.05) is 5.32 Å². The van der Waals surface area contributed by atoms with Crippen LogP contribution in [0, 0.1) is 5.82 Å². The smallest absolute Gasteiger partial charge is 0.407 e. The van der Waals surface area contributed by atoms with Gasteiger partial charge in [0.1, 0.15) is 5.82 Å². The summed E-state index contributed by atoms with van der Waals surface area (Å²) in [6.45, 7) is 9.07. The lowest BCUT2D eigenvalue weighted by atomic mass is 9.86. The summed E-state index contributed by atoms with van der Waals surface area (Å²) in [5, 5.41) is 9.24. The topological polar surface area (TPSA) is 139 Å². The molecule has 1 aliphatic rings. The van der Waals surface area contributed by atoms with Crippen LogP contribution in [0.5, 0.6) is 0 Å². The minimum Gasteiger partial charge on any atom is -0.447 e. The number of rotatable bonds is 9. The SMILES string of the molecule is CC(C)OC(=O)NC1CCC(c2ncc(-c3ccc(NC(=O)NCc4ccc(F)cc4)cc3S(=O)(=O)NC(C)(C)C)s2)CC1. The van der Waals surface area contributed by atoms with Crippen molar-refractivity contribution in [3.05, 3.63) is 65.0 Å². The summed E-state index contributed by atoms with van der Waals surface area (Å²) in [5.74, 6) is -0.166. The molecule has 0 aliphatic heterocycles. The van der Waals surface area contributed by atoms with Crippen molar-refractivity contribution in [3.63, 3.8) is 0 Å². The Balaban J connectivity index is 1.50. The molecule has 238 valence electrons. The highest BCUT2D eigenvalue weighted by atomic mass is 32.2. The summed E-state index contributed by atoms with van der Waals surface area (Å²) < 4.78 is 48.3. The van der Waals surface area contributed by atoms with E-state index in [-0.39, 0.29) is 35.3 Å². The molecular weight excluding hydrogens is 606 g/mol. The minimum absolute atomic E-state index is 0.0236. The Hall–Kier alpha value is -3.55. The monoisotopic (exact) mass is 645 g/mol. The Morgan fingerprint density at radius 3 is 2.39 bits per heavy atom.